The molecule has 2 aliphatic heterocycles. The van der Waals surface area contributed by atoms with Crippen LogP contribution in [-0.4, -0.2) is 48.4 Å². The van der Waals surface area contributed by atoms with Crippen molar-refractivity contribution in [2.75, 3.05) is 26.7 Å². The van der Waals surface area contributed by atoms with Crippen LogP contribution < -0.4 is 4.74 Å². The van der Waals surface area contributed by atoms with Gasteiger partial charge in [-0.25, -0.2) is 0 Å². The molecular weight excluding hydrogens is 376 g/mol. The van der Waals surface area contributed by atoms with Crippen LogP contribution in [0.2, 0.25) is 0 Å². The number of hydrogen-bond donors (Lipinski definition) is 0. The third kappa shape index (κ3) is 3.72. The Balaban J connectivity index is 1.63. The summed E-state index contributed by atoms with van der Waals surface area (Å²) in [5.74, 6) is 0.454. The number of likely N-dealkylation sites (tertiary alicyclic amines) is 1. The Labute approximate surface area is 177 Å². The van der Waals surface area contributed by atoms with Crippen molar-refractivity contribution >= 4 is 17.4 Å². The molecule has 5 heteroatoms. The Morgan fingerprint density at radius 1 is 0.933 bits per heavy atom. The van der Waals surface area contributed by atoms with Gasteiger partial charge < -0.3 is 9.64 Å². The second-order valence-electron chi connectivity index (χ2n) is 8.10. The zero-order chi connectivity index (χ0) is 21.3. The van der Waals surface area contributed by atoms with E-state index in [4.69, 9.17) is 4.74 Å². The highest BCUT2D eigenvalue weighted by Crippen LogP contribution is 2.35. The number of carbonyl (C=O) groups is 2. The van der Waals surface area contributed by atoms with Crippen LogP contribution in [0.5, 0.6) is 5.75 Å². The maximum atomic E-state index is 13.4. The van der Waals surface area contributed by atoms with Crippen molar-refractivity contribution in [3.8, 4) is 5.75 Å². The van der Waals surface area contributed by atoms with E-state index in [1.807, 2.05) is 50.2 Å². The summed E-state index contributed by atoms with van der Waals surface area (Å²) >= 11 is 0. The van der Waals surface area contributed by atoms with Crippen molar-refractivity contribution in [3.63, 3.8) is 0 Å². The van der Waals surface area contributed by atoms with Gasteiger partial charge in [0.05, 0.1) is 12.7 Å². The minimum Gasteiger partial charge on any atom is -0.497 e. The van der Waals surface area contributed by atoms with E-state index in [0.29, 0.717) is 24.2 Å². The van der Waals surface area contributed by atoms with Crippen LogP contribution in [0.25, 0.3) is 5.57 Å². The van der Waals surface area contributed by atoms with Crippen molar-refractivity contribution in [3.05, 3.63) is 70.4 Å². The van der Waals surface area contributed by atoms with E-state index in [9.17, 15) is 9.59 Å². The van der Waals surface area contributed by atoms with Crippen LogP contribution in [0.15, 0.2) is 48.2 Å². The molecule has 4 rings (SSSR count). The molecule has 0 radical (unpaired) electrons. The molecule has 0 atom stereocenters. The number of benzene rings is 2. The zero-order valence-corrected chi connectivity index (χ0v) is 17.9. The number of amides is 2. The summed E-state index contributed by atoms with van der Waals surface area (Å²) in [4.78, 5) is 30.3. The summed E-state index contributed by atoms with van der Waals surface area (Å²) < 4.78 is 5.20. The van der Waals surface area contributed by atoms with E-state index < -0.39 is 0 Å². The molecule has 30 heavy (non-hydrogen) atoms. The van der Waals surface area contributed by atoms with Gasteiger partial charge in [0.1, 0.15) is 11.4 Å². The molecule has 1 saturated heterocycles. The molecule has 2 aromatic rings. The van der Waals surface area contributed by atoms with E-state index in [1.54, 1.807) is 7.11 Å². The molecule has 1 fully saturated rings. The van der Waals surface area contributed by atoms with Gasteiger partial charge in [-0.3, -0.25) is 14.5 Å². The molecular formula is C25H28N2O3. The van der Waals surface area contributed by atoms with E-state index in [2.05, 4.69) is 11.0 Å². The second-order valence-corrected chi connectivity index (χ2v) is 8.10. The van der Waals surface area contributed by atoms with Gasteiger partial charge in [-0.2, -0.15) is 0 Å². The largest absolute Gasteiger partial charge is 0.497 e. The summed E-state index contributed by atoms with van der Waals surface area (Å²) in [5.41, 5.74) is 5.26. The van der Waals surface area contributed by atoms with E-state index in [1.165, 1.54) is 4.90 Å². The number of imide groups is 1. The molecule has 0 unspecified atom stereocenters. The first-order chi connectivity index (χ1) is 14.5. The quantitative estimate of drug-likeness (QED) is 0.689. The van der Waals surface area contributed by atoms with Gasteiger partial charge >= 0.3 is 0 Å². The first kappa shape index (κ1) is 20.2. The zero-order valence-electron chi connectivity index (χ0n) is 17.9. The fraction of sp³-hybridized carbons (Fsp3) is 0.360. The monoisotopic (exact) mass is 404 g/mol. The van der Waals surface area contributed by atoms with Crippen LogP contribution in [-0.2, 0) is 16.0 Å². The maximum Gasteiger partial charge on any atom is 0.277 e. The van der Waals surface area contributed by atoms with Crippen LogP contribution in [0.4, 0.5) is 0 Å². The molecule has 0 spiro atoms. The standard InChI is InChI=1S/C25H28N2O3/c1-17-6-11-21(18(2)16-17)22-23(26-13-4-5-14-26)25(29)27(24(22)28)15-12-19-7-9-20(30-3)10-8-19/h6-11,16H,4-5,12-15H2,1-3H3. The molecule has 2 amide bonds. The lowest BCUT2D eigenvalue weighted by Gasteiger charge is -2.20. The lowest BCUT2D eigenvalue weighted by atomic mass is 9.97. The highest BCUT2D eigenvalue weighted by molar-refractivity contribution is 6.35. The fourth-order valence-corrected chi connectivity index (χ4v) is 4.37. The Morgan fingerprint density at radius 3 is 2.27 bits per heavy atom. The minimum atomic E-state index is -0.178. The van der Waals surface area contributed by atoms with Crippen molar-refractivity contribution in [2.24, 2.45) is 0 Å². The summed E-state index contributed by atoms with van der Waals surface area (Å²) in [6.07, 6.45) is 2.73. The van der Waals surface area contributed by atoms with Gasteiger partial charge in [0.25, 0.3) is 11.8 Å². The van der Waals surface area contributed by atoms with Crippen LogP contribution >= 0.6 is 0 Å². The predicted octanol–water partition coefficient (Wildman–Crippen LogP) is 3.73. The maximum absolute atomic E-state index is 13.4. The Hall–Kier alpha value is -3.08. The highest BCUT2D eigenvalue weighted by Gasteiger charge is 2.42. The van der Waals surface area contributed by atoms with Gasteiger partial charge in [-0.05, 0) is 61.9 Å². The number of hydrogen-bond acceptors (Lipinski definition) is 4. The van der Waals surface area contributed by atoms with Gasteiger partial charge in [-0.15, -0.1) is 0 Å². The Bertz CT molecular complexity index is 1000. The smallest absolute Gasteiger partial charge is 0.277 e. The van der Waals surface area contributed by atoms with Gasteiger partial charge in [0.2, 0.25) is 0 Å². The first-order valence-corrected chi connectivity index (χ1v) is 10.6. The second kappa shape index (κ2) is 8.34. The molecule has 2 aliphatic rings. The van der Waals surface area contributed by atoms with Crippen molar-refractivity contribution in [1.82, 2.24) is 9.80 Å². The SMILES string of the molecule is COc1ccc(CCN2C(=O)C(c3ccc(C)cc3C)=C(N3CCCC3)C2=O)cc1. The van der Waals surface area contributed by atoms with E-state index in [0.717, 1.165) is 53.9 Å². The molecule has 2 heterocycles. The number of nitrogens with zero attached hydrogens (tertiary/aromatic N) is 2. The van der Waals surface area contributed by atoms with Gasteiger partial charge in [-0.1, -0.05) is 35.9 Å². The lowest BCUT2D eigenvalue weighted by molar-refractivity contribution is -0.137. The number of carbonyl (C=O) groups excluding carboxylic acids is 2. The topological polar surface area (TPSA) is 49.9 Å². The van der Waals surface area contributed by atoms with Crippen LogP contribution in [0, 0.1) is 13.8 Å². The van der Waals surface area contributed by atoms with E-state index in [-0.39, 0.29) is 11.8 Å². The normalized spacial score (nSPS) is 16.8. The minimum absolute atomic E-state index is 0.162. The highest BCUT2D eigenvalue weighted by atomic mass is 16.5. The van der Waals surface area contributed by atoms with Gasteiger partial charge in [0, 0.05) is 19.6 Å². The molecule has 2 aromatic carbocycles. The fourth-order valence-electron chi connectivity index (χ4n) is 4.37. The summed E-state index contributed by atoms with van der Waals surface area (Å²) in [6.45, 7) is 6.07. The van der Waals surface area contributed by atoms with Crippen molar-refractivity contribution in [1.29, 1.82) is 0 Å². The summed E-state index contributed by atoms with van der Waals surface area (Å²) in [6, 6.07) is 13.8. The van der Waals surface area contributed by atoms with Crippen LogP contribution in [0.3, 0.4) is 0 Å². The molecule has 0 aromatic heterocycles. The van der Waals surface area contributed by atoms with E-state index >= 15 is 0 Å². The number of aryl methyl sites for hydroxylation is 2. The first-order valence-electron chi connectivity index (χ1n) is 10.6. The predicted molar refractivity (Wildman–Crippen MR) is 117 cm³/mol. The number of ether oxygens (including phenoxy) is 1. The van der Waals surface area contributed by atoms with Gasteiger partial charge in [0.15, 0.2) is 0 Å². The number of methoxy groups -OCH3 is 1. The lowest BCUT2D eigenvalue weighted by Crippen LogP contribution is -2.36. The molecule has 156 valence electrons. The Morgan fingerprint density at radius 2 is 1.63 bits per heavy atom. The third-order valence-electron chi connectivity index (χ3n) is 6.00. The molecule has 0 aliphatic carbocycles. The van der Waals surface area contributed by atoms with Crippen LogP contribution in [0.1, 0.15) is 35.1 Å². The summed E-state index contributed by atoms with van der Waals surface area (Å²) in [5, 5.41) is 0. The number of rotatable bonds is 6. The third-order valence-corrected chi connectivity index (χ3v) is 6.00. The molecule has 0 saturated carbocycles. The summed E-state index contributed by atoms with van der Waals surface area (Å²) in [7, 11) is 1.64. The van der Waals surface area contributed by atoms with Crippen molar-refractivity contribution < 1.29 is 14.3 Å². The molecule has 0 bridgehead atoms. The average Bonchev–Trinajstić information content (AvgIpc) is 3.34. The molecule has 5 nitrogen and oxygen atoms in total. The Kier molecular flexibility index (Phi) is 5.62. The average molecular weight is 405 g/mol. The van der Waals surface area contributed by atoms with Crippen molar-refractivity contribution in [2.45, 2.75) is 33.1 Å². The molecule has 0 N–H and O–H groups in total.